The minimum atomic E-state index is -3.10. The Bertz CT molecular complexity index is 339. The zero-order valence-electron chi connectivity index (χ0n) is 10.2. The minimum absolute atomic E-state index is 0.00738. The number of amides is 1. The lowest BCUT2D eigenvalue weighted by Gasteiger charge is -2.06. The van der Waals surface area contributed by atoms with Gasteiger partial charge in [0.15, 0.2) is 0 Å². The third kappa shape index (κ3) is 9.08. The maximum absolute atomic E-state index is 11.3. The second-order valence-corrected chi connectivity index (χ2v) is 6.28. The predicted molar refractivity (Wildman–Crippen MR) is 66.1 cm³/mol. The average molecular weight is 263 g/mol. The molecule has 0 atom stereocenters. The van der Waals surface area contributed by atoms with Crippen LogP contribution in [0, 0.1) is 5.92 Å². The normalized spacial score (nSPS) is 15.8. The molecular weight excluding hydrogens is 242 g/mol. The van der Waals surface area contributed by atoms with Crippen molar-refractivity contribution < 1.29 is 13.2 Å². The number of hydrogen-bond acceptors (Lipinski definition) is 4. The molecule has 1 aliphatic carbocycles. The first-order valence-corrected chi connectivity index (χ1v) is 7.78. The summed E-state index contributed by atoms with van der Waals surface area (Å²) in [5.74, 6) is 0.700. The number of rotatable bonds is 9. The van der Waals surface area contributed by atoms with Crippen molar-refractivity contribution in [2.24, 2.45) is 5.92 Å². The maximum atomic E-state index is 11.3. The average Bonchev–Trinajstić information content (AvgIpc) is 3.02. The zero-order chi connectivity index (χ0) is 12.7. The van der Waals surface area contributed by atoms with E-state index < -0.39 is 10.0 Å². The molecule has 6 nitrogen and oxygen atoms in total. The van der Waals surface area contributed by atoms with Gasteiger partial charge < -0.3 is 10.6 Å². The van der Waals surface area contributed by atoms with Crippen molar-refractivity contribution in [1.29, 1.82) is 0 Å². The molecule has 3 N–H and O–H groups in total. The van der Waals surface area contributed by atoms with Crippen LogP contribution in [-0.2, 0) is 14.8 Å². The largest absolute Gasteiger partial charge is 0.355 e. The number of sulfonamides is 1. The van der Waals surface area contributed by atoms with Crippen LogP contribution >= 0.6 is 0 Å². The summed E-state index contributed by atoms with van der Waals surface area (Å²) in [7, 11) is -3.10. The molecule has 0 saturated heterocycles. The van der Waals surface area contributed by atoms with Gasteiger partial charge in [-0.2, -0.15) is 0 Å². The van der Waals surface area contributed by atoms with Crippen molar-refractivity contribution in [3.8, 4) is 0 Å². The zero-order valence-corrected chi connectivity index (χ0v) is 11.0. The molecule has 0 bridgehead atoms. The van der Waals surface area contributed by atoms with Gasteiger partial charge in [0, 0.05) is 13.1 Å². The van der Waals surface area contributed by atoms with Gasteiger partial charge in [0.2, 0.25) is 15.9 Å². The van der Waals surface area contributed by atoms with Crippen LogP contribution < -0.4 is 15.4 Å². The first-order chi connectivity index (χ1) is 7.97. The van der Waals surface area contributed by atoms with Gasteiger partial charge in [0.05, 0.1) is 12.8 Å². The van der Waals surface area contributed by atoms with E-state index in [2.05, 4.69) is 15.4 Å². The number of nitrogens with one attached hydrogen (secondary N) is 3. The molecule has 1 amide bonds. The molecule has 1 aliphatic rings. The van der Waals surface area contributed by atoms with E-state index in [0.717, 1.165) is 12.8 Å². The Morgan fingerprint density at radius 1 is 1.29 bits per heavy atom. The molecule has 0 spiro atoms. The highest BCUT2D eigenvalue weighted by Crippen LogP contribution is 2.27. The van der Waals surface area contributed by atoms with Crippen LogP contribution in [0.25, 0.3) is 0 Å². The van der Waals surface area contributed by atoms with E-state index in [1.54, 1.807) is 0 Å². The molecule has 1 fully saturated rings. The molecule has 1 saturated carbocycles. The summed E-state index contributed by atoms with van der Waals surface area (Å²) in [4.78, 5) is 11.3. The third-order valence-corrected chi connectivity index (χ3v) is 3.19. The SMILES string of the molecule is CS(=O)(=O)NCCCNCC(=O)NCC1CC1. The van der Waals surface area contributed by atoms with Crippen LogP contribution in [0.15, 0.2) is 0 Å². The van der Waals surface area contributed by atoms with Crippen LogP contribution in [0.2, 0.25) is 0 Å². The van der Waals surface area contributed by atoms with E-state index in [1.165, 1.54) is 12.8 Å². The lowest BCUT2D eigenvalue weighted by molar-refractivity contribution is -0.120. The number of hydrogen-bond donors (Lipinski definition) is 3. The Kier molecular flexibility index (Phi) is 5.87. The van der Waals surface area contributed by atoms with Gasteiger partial charge in [-0.1, -0.05) is 0 Å². The van der Waals surface area contributed by atoms with Crippen molar-refractivity contribution in [3.63, 3.8) is 0 Å². The lowest BCUT2D eigenvalue weighted by atomic mass is 10.4. The molecule has 0 aromatic heterocycles. The van der Waals surface area contributed by atoms with E-state index in [9.17, 15) is 13.2 Å². The summed E-state index contributed by atoms with van der Waals surface area (Å²) >= 11 is 0. The van der Waals surface area contributed by atoms with Crippen molar-refractivity contribution >= 4 is 15.9 Å². The molecule has 100 valence electrons. The molecule has 0 aliphatic heterocycles. The first-order valence-electron chi connectivity index (χ1n) is 5.89. The number of carbonyl (C=O) groups is 1. The Labute approximate surface area is 103 Å². The summed E-state index contributed by atoms with van der Waals surface area (Å²) in [5, 5.41) is 5.82. The van der Waals surface area contributed by atoms with Crippen molar-refractivity contribution in [2.45, 2.75) is 19.3 Å². The molecule has 17 heavy (non-hydrogen) atoms. The fourth-order valence-corrected chi connectivity index (χ4v) is 1.83. The van der Waals surface area contributed by atoms with E-state index in [-0.39, 0.29) is 5.91 Å². The van der Waals surface area contributed by atoms with Gasteiger partial charge in [-0.05, 0) is 31.7 Å². The summed E-state index contributed by atoms with van der Waals surface area (Å²) in [6, 6.07) is 0. The Hall–Kier alpha value is -0.660. The molecule has 0 aromatic rings. The maximum Gasteiger partial charge on any atom is 0.233 e. The smallest absolute Gasteiger partial charge is 0.233 e. The summed E-state index contributed by atoms with van der Waals surface area (Å²) in [6.07, 6.45) is 4.25. The van der Waals surface area contributed by atoms with E-state index in [4.69, 9.17) is 0 Å². The second-order valence-electron chi connectivity index (χ2n) is 4.44. The van der Waals surface area contributed by atoms with Crippen LogP contribution in [0.4, 0.5) is 0 Å². The molecular formula is C10H21N3O3S. The third-order valence-electron chi connectivity index (χ3n) is 2.46. The Morgan fingerprint density at radius 2 is 2.00 bits per heavy atom. The van der Waals surface area contributed by atoms with E-state index in [0.29, 0.717) is 32.0 Å². The van der Waals surface area contributed by atoms with Crippen molar-refractivity contribution in [1.82, 2.24) is 15.4 Å². The number of carbonyl (C=O) groups excluding carboxylic acids is 1. The molecule has 1 rings (SSSR count). The molecule has 0 unspecified atom stereocenters. The van der Waals surface area contributed by atoms with Crippen LogP contribution in [0.1, 0.15) is 19.3 Å². The van der Waals surface area contributed by atoms with Gasteiger partial charge in [0.1, 0.15) is 0 Å². The first kappa shape index (κ1) is 14.4. The van der Waals surface area contributed by atoms with Crippen LogP contribution in [-0.4, -0.2) is 46.8 Å². The molecule has 7 heteroatoms. The Balaban J connectivity index is 1.87. The standard InChI is InChI=1S/C10H21N3O3S/c1-17(15,16)13-6-2-5-11-8-10(14)12-7-9-3-4-9/h9,11,13H,2-8H2,1H3,(H,12,14). The van der Waals surface area contributed by atoms with Crippen molar-refractivity contribution in [3.05, 3.63) is 0 Å². The molecule has 0 radical (unpaired) electrons. The van der Waals surface area contributed by atoms with Gasteiger partial charge in [0.25, 0.3) is 0 Å². The summed E-state index contributed by atoms with van der Waals surface area (Å²) < 4.78 is 23.9. The van der Waals surface area contributed by atoms with E-state index in [1.807, 2.05) is 0 Å². The minimum Gasteiger partial charge on any atom is -0.355 e. The fraction of sp³-hybridized carbons (Fsp3) is 0.900. The summed E-state index contributed by atoms with van der Waals surface area (Å²) in [6.45, 7) is 2.11. The highest BCUT2D eigenvalue weighted by Gasteiger charge is 2.21. The van der Waals surface area contributed by atoms with Gasteiger partial charge >= 0.3 is 0 Å². The molecule has 0 heterocycles. The van der Waals surface area contributed by atoms with Crippen LogP contribution in [0.5, 0.6) is 0 Å². The highest BCUT2D eigenvalue weighted by atomic mass is 32.2. The fourth-order valence-electron chi connectivity index (χ4n) is 1.32. The van der Waals surface area contributed by atoms with Gasteiger partial charge in [-0.25, -0.2) is 13.1 Å². The van der Waals surface area contributed by atoms with Gasteiger partial charge in [-0.15, -0.1) is 0 Å². The second kappa shape index (κ2) is 6.93. The lowest BCUT2D eigenvalue weighted by Crippen LogP contribution is -2.36. The quantitative estimate of drug-likeness (QED) is 0.468. The van der Waals surface area contributed by atoms with Crippen molar-refractivity contribution in [2.75, 3.05) is 32.4 Å². The topological polar surface area (TPSA) is 87.3 Å². The Morgan fingerprint density at radius 3 is 2.59 bits per heavy atom. The summed E-state index contributed by atoms with van der Waals surface area (Å²) in [5.41, 5.74) is 0. The van der Waals surface area contributed by atoms with Crippen LogP contribution in [0.3, 0.4) is 0 Å². The van der Waals surface area contributed by atoms with E-state index >= 15 is 0 Å². The van der Waals surface area contributed by atoms with Gasteiger partial charge in [-0.3, -0.25) is 4.79 Å². The molecule has 0 aromatic carbocycles. The highest BCUT2D eigenvalue weighted by molar-refractivity contribution is 7.88. The monoisotopic (exact) mass is 263 g/mol. The predicted octanol–water partition coefficient (Wildman–Crippen LogP) is -0.958.